The summed E-state index contributed by atoms with van der Waals surface area (Å²) < 4.78 is 5.41. The number of methoxy groups -OCH3 is 1. The van der Waals surface area contributed by atoms with Crippen LogP contribution < -0.4 is 10.1 Å². The SMILES string of the molecule is COc1cc(C(=O)N(C)CC(=O)N2CC(C(=O)Nc3ccccc3)CC2C#N)nc2ccccc12. The lowest BCUT2D eigenvalue weighted by molar-refractivity contribution is -0.131. The maximum absolute atomic E-state index is 13.0. The highest BCUT2D eigenvalue weighted by molar-refractivity contribution is 5.99. The Kier molecular flexibility index (Phi) is 6.92. The molecule has 2 heterocycles. The van der Waals surface area contributed by atoms with Crippen LogP contribution in [0.25, 0.3) is 10.9 Å². The number of pyridine rings is 1. The van der Waals surface area contributed by atoms with Crippen LogP contribution in [0.15, 0.2) is 60.7 Å². The fourth-order valence-electron chi connectivity index (χ4n) is 4.17. The topological polar surface area (TPSA) is 116 Å². The van der Waals surface area contributed by atoms with E-state index >= 15 is 0 Å². The van der Waals surface area contributed by atoms with Crippen LogP contribution in [-0.2, 0) is 9.59 Å². The first-order chi connectivity index (χ1) is 16.9. The molecule has 1 aliphatic rings. The first-order valence-electron chi connectivity index (χ1n) is 11.2. The van der Waals surface area contributed by atoms with Gasteiger partial charge in [0.2, 0.25) is 11.8 Å². The molecule has 1 aromatic heterocycles. The lowest BCUT2D eigenvalue weighted by Crippen LogP contribution is -2.43. The number of rotatable bonds is 6. The smallest absolute Gasteiger partial charge is 0.272 e. The average Bonchev–Trinajstić information content (AvgIpc) is 3.33. The second kappa shape index (κ2) is 10.2. The molecule has 2 atom stereocenters. The van der Waals surface area contributed by atoms with Gasteiger partial charge in [-0.25, -0.2) is 4.98 Å². The number of fused-ring (bicyclic) bond motifs is 1. The zero-order valence-electron chi connectivity index (χ0n) is 19.5. The number of hydrogen-bond donors (Lipinski definition) is 1. The summed E-state index contributed by atoms with van der Waals surface area (Å²) in [5.74, 6) is -1.11. The maximum atomic E-state index is 13.0. The lowest BCUT2D eigenvalue weighted by atomic mass is 10.1. The van der Waals surface area contributed by atoms with Crippen LogP contribution in [0.5, 0.6) is 5.75 Å². The number of aromatic nitrogens is 1. The molecular formula is C26H25N5O4. The van der Waals surface area contributed by atoms with Crippen LogP contribution in [0.4, 0.5) is 5.69 Å². The second-order valence-electron chi connectivity index (χ2n) is 8.37. The normalized spacial score (nSPS) is 17.0. The molecule has 1 aliphatic heterocycles. The van der Waals surface area contributed by atoms with Crippen molar-refractivity contribution < 1.29 is 19.1 Å². The molecule has 0 bridgehead atoms. The number of benzene rings is 2. The molecule has 1 N–H and O–H groups in total. The number of likely N-dealkylation sites (tertiary alicyclic amines) is 1. The van der Waals surface area contributed by atoms with Gasteiger partial charge in [-0.05, 0) is 30.7 Å². The number of carbonyl (C=O) groups excluding carboxylic acids is 3. The highest BCUT2D eigenvalue weighted by Gasteiger charge is 2.39. The number of amides is 3. The summed E-state index contributed by atoms with van der Waals surface area (Å²) in [4.78, 5) is 45.8. The van der Waals surface area contributed by atoms with Crippen molar-refractivity contribution in [3.8, 4) is 11.8 Å². The van der Waals surface area contributed by atoms with E-state index in [-0.39, 0.29) is 31.1 Å². The quantitative estimate of drug-likeness (QED) is 0.591. The maximum Gasteiger partial charge on any atom is 0.272 e. The molecule has 178 valence electrons. The zero-order valence-corrected chi connectivity index (χ0v) is 19.5. The Morgan fingerprint density at radius 1 is 1.17 bits per heavy atom. The zero-order chi connectivity index (χ0) is 24.9. The average molecular weight is 472 g/mol. The third-order valence-corrected chi connectivity index (χ3v) is 6.02. The summed E-state index contributed by atoms with van der Waals surface area (Å²) in [6.45, 7) is -0.138. The number of anilines is 1. The van der Waals surface area contributed by atoms with Crippen LogP contribution in [0.3, 0.4) is 0 Å². The third kappa shape index (κ3) is 5.06. The largest absolute Gasteiger partial charge is 0.496 e. The fraction of sp³-hybridized carbons (Fsp3) is 0.269. The van der Waals surface area contributed by atoms with Crippen LogP contribution in [0, 0.1) is 17.2 Å². The molecule has 0 aliphatic carbocycles. The summed E-state index contributed by atoms with van der Waals surface area (Å²) in [6.07, 6.45) is 0.238. The van der Waals surface area contributed by atoms with Crippen LogP contribution >= 0.6 is 0 Å². The lowest BCUT2D eigenvalue weighted by Gasteiger charge is -2.24. The number of nitriles is 1. The Balaban J connectivity index is 1.44. The van der Waals surface area contributed by atoms with E-state index in [1.807, 2.05) is 36.4 Å². The second-order valence-corrected chi connectivity index (χ2v) is 8.37. The molecule has 3 amide bonds. The molecular weight excluding hydrogens is 446 g/mol. The number of hydrogen-bond acceptors (Lipinski definition) is 6. The fourth-order valence-corrected chi connectivity index (χ4v) is 4.17. The van der Waals surface area contributed by atoms with Gasteiger partial charge in [0.25, 0.3) is 5.91 Å². The van der Waals surface area contributed by atoms with E-state index in [9.17, 15) is 19.6 Å². The summed E-state index contributed by atoms with van der Waals surface area (Å²) in [6, 6.07) is 19.2. The number of nitrogens with one attached hydrogen (secondary N) is 1. The van der Waals surface area contributed by atoms with Crippen molar-refractivity contribution in [3.63, 3.8) is 0 Å². The van der Waals surface area contributed by atoms with E-state index in [1.165, 1.54) is 24.0 Å². The van der Waals surface area contributed by atoms with E-state index < -0.39 is 23.8 Å². The molecule has 1 saturated heterocycles. The van der Waals surface area contributed by atoms with E-state index in [2.05, 4.69) is 16.4 Å². The summed E-state index contributed by atoms with van der Waals surface area (Å²) in [7, 11) is 3.02. The van der Waals surface area contributed by atoms with Crippen LogP contribution in [-0.4, -0.2) is 65.8 Å². The Morgan fingerprint density at radius 2 is 1.89 bits per heavy atom. The standard InChI is InChI=1S/C26H25N5O4/c1-30(26(34)22-13-23(35-2)20-10-6-7-11-21(20)29-22)16-24(32)31-15-17(12-19(31)14-27)25(33)28-18-8-4-3-5-9-18/h3-11,13,17,19H,12,15-16H2,1-2H3,(H,28,33). The van der Waals surface area contributed by atoms with Gasteiger partial charge < -0.3 is 19.9 Å². The van der Waals surface area contributed by atoms with Gasteiger partial charge in [-0.15, -0.1) is 0 Å². The monoisotopic (exact) mass is 471 g/mol. The Bertz CT molecular complexity index is 1300. The molecule has 4 rings (SSSR count). The molecule has 1 fully saturated rings. The number of likely N-dealkylation sites (N-methyl/N-ethyl adjacent to an activating group) is 1. The van der Waals surface area contributed by atoms with Gasteiger partial charge in [-0.3, -0.25) is 14.4 Å². The molecule has 9 nitrogen and oxygen atoms in total. The minimum atomic E-state index is -0.739. The summed E-state index contributed by atoms with van der Waals surface area (Å²) >= 11 is 0. The van der Waals surface area contributed by atoms with Gasteiger partial charge >= 0.3 is 0 Å². The highest BCUT2D eigenvalue weighted by atomic mass is 16.5. The van der Waals surface area contributed by atoms with Crippen molar-refractivity contribution in [2.24, 2.45) is 5.92 Å². The molecule has 0 spiro atoms. The van der Waals surface area contributed by atoms with Gasteiger partial charge in [0.05, 0.1) is 31.2 Å². The molecule has 2 aromatic carbocycles. The summed E-state index contributed by atoms with van der Waals surface area (Å²) in [5, 5.41) is 13.2. The van der Waals surface area contributed by atoms with Crippen LogP contribution in [0.2, 0.25) is 0 Å². The van der Waals surface area contributed by atoms with Crippen molar-refractivity contribution in [2.45, 2.75) is 12.5 Å². The van der Waals surface area contributed by atoms with Gasteiger partial charge in [0.1, 0.15) is 17.5 Å². The third-order valence-electron chi connectivity index (χ3n) is 6.02. The minimum absolute atomic E-state index is 0.111. The number of carbonyl (C=O) groups is 3. The van der Waals surface area contributed by atoms with Crippen molar-refractivity contribution in [1.82, 2.24) is 14.8 Å². The van der Waals surface area contributed by atoms with E-state index in [1.54, 1.807) is 24.3 Å². The highest BCUT2D eigenvalue weighted by Crippen LogP contribution is 2.27. The molecule has 0 saturated carbocycles. The first kappa shape index (κ1) is 23.7. The summed E-state index contributed by atoms with van der Waals surface area (Å²) in [5.41, 5.74) is 1.40. The molecule has 2 unspecified atom stereocenters. The number of para-hydroxylation sites is 2. The van der Waals surface area contributed by atoms with Crippen molar-refractivity contribution in [2.75, 3.05) is 32.6 Å². The minimum Gasteiger partial charge on any atom is -0.496 e. The Labute approximate surface area is 202 Å². The Hall–Kier alpha value is -4.45. The molecule has 0 radical (unpaired) electrons. The van der Waals surface area contributed by atoms with Crippen molar-refractivity contribution in [3.05, 3.63) is 66.4 Å². The predicted molar refractivity (Wildman–Crippen MR) is 130 cm³/mol. The van der Waals surface area contributed by atoms with Gasteiger partial charge in [0.15, 0.2) is 0 Å². The number of ether oxygens (including phenoxy) is 1. The number of nitrogens with zero attached hydrogens (tertiary/aromatic N) is 4. The van der Waals surface area contributed by atoms with Gasteiger partial charge in [0, 0.05) is 30.7 Å². The molecule has 9 heteroatoms. The van der Waals surface area contributed by atoms with Gasteiger partial charge in [-0.2, -0.15) is 5.26 Å². The molecule has 3 aromatic rings. The van der Waals surface area contributed by atoms with E-state index in [4.69, 9.17) is 4.74 Å². The predicted octanol–water partition coefficient (Wildman–Crippen LogP) is 2.69. The van der Waals surface area contributed by atoms with Crippen molar-refractivity contribution in [1.29, 1.82) is 5.26 Å². The first-order valence-corrected chi connectivity index (χ1v) is 11.2. The van der Waals surface area contributed by atoms with E-state index in [0.29, 0.717) is 17.0 Å². The van der Waals surface area contributed by atoms with E-state index in [0.717, 1.165) is 5.39 Å². The van der Waals surface area contributed by atoms with Crippen molar-refractivity contribution >= 4 is 34.3 Å². The molecule has 35 heavy (non-hydrogen) atoms. The van der Waals surface area contributed by atoms with Crippen LogP contribution in [0.1, 0.15) is 16.9 Å². The van der Waals surface area contributed by atoms with Gasteiger partial charge in [-0.1, -0.05) is 30.3 Å². The Morgan fingerprint density at radius 3 is 2.60 bits per heavy atom.